The molecule has 0 aliphatic heterocycles. The first-order chi connectivity index (χ1) is 26.3. The fraction of sp³-hybridized carbons (Fsp3) is 0.980. The summed E-state index contributed by atoms with van der Waals surface area (Å²) in [4.78, 5) is 10.5. The summed E-state index contributed by atoms with van der Waals surface area (Å²) in [6.07, 6.45) is 66.5. The normalized spacial score (nSPS) is 11.6. The molecule has 3 heteroatoms. The van der Waals surface area contributed by atoms with Gasteiger partial charge in [-0.05, 0) is 12.8 Å². The Morgan fingerprint density at radius 2 is 0.321 bits per heavy atom. The highest BCUT2D eigenvalue weighted by molar-refractivity contribution is 5.66. The van der Waals surface area contributed by atoms with E-state index in [2.05, 4.69) is 0 Å². The summed E-state index contributed by atoms with van der Waals surface area (Å²) in [5, 5.41) is 17.5. The van der Waals surface area contributed by atoms with E-state index in [0.717, 1.165) is 19.3 Å². The zero-order valence-corrected chi connectivity index (χ0v) is 36.5. The first-order valence-electron chi connectivity index (χ1n) is 25.1. The Balaban J connectivity index is 3.05. The quantitative estimate of drug-likeness (QED) is 0.0609. The number of rotatable bonds is 49. The summed E-state index contributed by atoms with van der Waals surface area (Å²) in [6.45, 7) is 0.371. The van der Waals surface area contributed by atoms with Crippen molar-refractivity contribution in [3.05, 3.63) is 0 Å². The summed E-state index contributed by atoms with van der Waals surface area (Å²) in [7, 11) is 0. The maximum absolute atomic E-state index is 10.5. The maximum atomic E-state index is 10.5. The molecular weight excluding hydrogens is 649 g/mol. The van der Waals surface area contributed by atoms with Crippen LogP contribution in [0.25, 0.3) is 0 Å². The molecule has 0 fully saturated rings. The minimum atomic E-state index is -0.647. The molecule has 0 aliphatic carbocycles. The standard InChI is InChI=1S/C50H100O3/c51-49-47-45-43-41-39-37-35-33-31-29-27-25-23-21-19-17-15-13-11-9-7-5-3-1-2-4-6-8-10-12-14-16-18-20-22-24-26-28-30-32-34-36-38-40-42-44-46-48-50(52)53/h51H,1-49H2,(H,52,53). The number of aliphatic carboxylic acids is 1. The van der Waals surface area contributed by atoms with Gasteiger partial charge in [0.1, 0.15) is 0 Å². The van der Waals surface area contributed by atoms with Crippen LogP contribution in [0.4, 0.5) is 0 Å². The van der Waals surface area contributed by atoms with Gasteiger partial charge in [-0.1, -0.05) is 289 Å². The summed E-state index contributed by atoms with van der Waals surface area (Å²) in [5.41, 5.74) is 0. The van der Waals surface area contributed by atoms with Gasteiger partial charge in [-0.2, -0.15) is 0 Å². The van der Waals surface area contributed by atoms with Crippen molar-refractivity contribution in [1.82, 2.24) is 0 Å². The molecule has 0 saturated carbocycles. The van der Waals surface area contributed by atoms with Gasteiger partial charge in [0.05, 0.1) is 0 Å². The molecule has 0 aromatic carbocycles. The molecule has 3 nitrogen and oxygen atoms in total. The molecule has 0 radical (unpaired) electrons. The lowest BCUT2D eigenvalue weighted by molar-refractivity contribution is -0.137. The molecule has 0 aromatic rings. The minimum absolute atomic E-state index is 0.345. The Kier molecular flexibility index (Phi) is 48.9. The van der Waals surface area contributed by atoms with Crippen LogP contribution in [0.15, 0.2) is 0 Å². The predicted octanol–water partition coefficient (Wildman–Crippen LogP) is 17.8. The van der Waals surface area contributed by atoms with E-state index in [-0.39, 0.29) is 0 Å². The van der Waals surface area contributed by atoms with Crippen LogP contribution in [0.2, 0.25) is 0 Å². The molecule has 0 amide bonds. The molecule has 0 aliphatic rings. The highest BCUT2D eigenvalue weighted by Crippen LogP contribution is 2.18. The largest absolute Gasteiger partial charge is 0.481 e. The van der Waals surface area contributed by atoms with Gasteiger partial charge >= 0.3 is 5.97 Å². The van der Waals surface area contributed by atoms with Gasteiger partial charge in [-0.3, -0.25) is 4.79 Å². The van der Waals surface area contributed by atoms with Crippen LogP contribution < -0.4 is 0 Å². The Morgan fingerprint density at radius 1 is 0.208 bits per heavy atom. The predicted molar refractivity (Wildman–Crippen MR) is 236 cm³/mol. The van der Waals surface area contributed by atoms with Crippen LogP contribution in [-0.4, -0.2) is 22.8 Å². The van der Waals surface area contributed by atoms with E-state index in [4.69, 9.17) is 10.2 Å². The average molecular weight is 749 g/mol. The molecule has 53 heavy (non-hydrogen) atoms. The number of carbonyl (C=O) groups is 1. The molecule has 0 rings (SSSR count). The molecule has 0 atom stereocenters. The molecule has 0 saturated heterocycles. The topological polar surface area (TPSA) is 57.5 Å². The van der Waals surface area contributed by atoms with Crippen LogP contribution in [0.1, 0.15) is 308 Å². The molecule has 0 spiro atoms. The van der Waals surface area contributed by atoms with Crippen LogP contribution in [0.5, 0.6) is 0 Å². The van der Waals surface area contributed by atoms with Crippen molar-refractivity contribution in [2.75, 3.05) is 6.61 Å². The van der Waals surface area contributed by atoms with E-state index in [1.807, 2.05) is 0 Å². The average Bonchev–Trinajstić information content (AvgIpc) is 3.15. The fourth-order valence-electron chi connectivity index (χ4n) is 8.34. The van der Waals surface area contributed by atoms with E-state index in [9.17, 15) is 4.79 Å². The number of unbranched alkanes of at least 4 members (excludes halogenated alkanes) is 46. The summed E-state index contributed by atoms with van der Waals surface area (Å²) in [5.74, 6) is -0.647. The molecule has 0 unspecified atom stereocenters. The molecule has 2 N–H and O–H groups in total. The van der Waals surface area contributed by atoms with Crippen LogP contribution in [0.3, 0.4) is 0 Å². The van der Waals surface area contributed by atoms with E-state index < -0.39 is 5.97 Å². The second-order valence-corrected chi connectivity index (χ2v) is 17.5. The molecule has 0 heterocycles. The van der Waals surface area contributed by atoms with Crippen molar-refractivity contribution in [2.45, 2.75) is 308 Å². The van der Waals surface area contributed by atoms with Gasteiger partial charge in [0.2, 0.25) is 0 Å². The van der Waals surface area contributed by atoms with Gasteiger partial charge in [0.15, 0.2) is 0 Å². The first kappa shape index (κ1) is 52.4. The first-order valence-corrected chi connectivity index (χ1v) is 25.1. The van der Waals surface area contributed by atoms with Gasteiger partial charge in [0.25, 0.3) is 0 Å². The van der Waals surface area contributed by atoms with Crippen molar-refractivity contribution < 1.29 is 15.0 Å². The Morgan fingerprint density at radius 3 is 0.434 bits per heavy atom. The van der Waals surface area contributed by atoms with Crippen molar-refractivity contribution in [1.29, 1.82) is 0 Å². The van der Waals surface area contributed by atoms with Crippen molar-refractivity contribution in [3.63, 3.8) is 0 Å². The van der Waals surface area contributed by atoms with E-state index in [1.54, 1.807) is 0 Å². The smallest absolute Gasteiger partial charge is 0.303 e. The van der Waals surface area contributed by atoms with Gasteiger partial charge in [-0.15, -0.1) is 0 Å². The van der Waals surface area contributed by atoms with E-state index in [0.29, 0.717) is 13.0 Å². The Labute approximate surface area is 334 Å². The number of carboxylic acids is 1. The van der Waals surface area contributed by atoms with Crippen molar-refractivity contribution >= 4 is 5.97 Å². The molecule has 0 bridgehead atoms. The Hall–Kier alpha value is -0.570. The van der Waals surface area contributed by atoms with Gasteiger partial charge in [-0.25, -0.2) is 0 Å². The summed E-state index contributed by atoms with van der Waals surface area (Å²) >= 11 is 0. The Bertz CT molecular complexity index is 649. The van der Waals surface area contributed by atoms with Crippen LogP contribution in [0, 0.1) is 0 Å². The fourth-order valence-corrected chi connectivity index (χ4v) is 8.34. The second kappa shape index (κ2) is 49.4. The molecular formula is C50H100O3. The van der Waals surface area contributed by atoms with Gasteiger partial charge < -0.3 is 10.2 Å². The third-order valence-electron chi connectivity index (χ3n) is 12.0. The molecule has 0 aromatic heterocycles. The zero-order chi connectivity index (χ0) is 38.2. The van der Waals surface area contributed by atoms with Crippen molar-refractivity contribution in [3.8, 4) is 0 Å². The lowest BCUT2D eigenvalue weighted by Crippen LogP contribution is -1.93. The van der Waals surface area contributed by atoms with E-state index >= 15 is 0 Å². The van der Waals surface area contributed by atoms with Crippen LogP contribution in [-0.2, 0) is 4.79 Å². The third-order valence-corrected chi connectivity index (χ3v) is 12.0. The second-order valence-electron chi connectivity index (χ2n) is 17.5. The number of aliphatic hydroxyl groups excluding tert-OH is 1. The minimum Gasteiger partial charge on any atom is -0.481 e. The van der Waals surface area contributed by atoms with Crippen LogP contribution >= 0.6 is 0 Å². The zero-order valence-electron chi connectivity index (χ0n) is 36.5. The van der Waals surface area contributed by atoms with Gasteiger partial charge in [0, 0.05) is 13.0 Å². The SMILES string of the molecule is O=C(O)CCCCCCCCCCCCCCCCCCCCCCCCCCCCCCCCCCCCCCCCCCCCCCCCCO. The number of aliphatic hydroxyl groups is 1. The maximum Gasteiger partial charge on any atom is 0.303 e. The monoisotopic (exact) mass is 749 g/mol. The number of carboxylic acid groups (broad SMARTS) is 1. The van der Waals surface area contributed by atoms with Crippen molar-refractivity contribution in [2.24, 2.45) is 0 Å². The lowest BCUT2D eigenvalue weighted by Gasteiger charge is -2.05. The van der Waals surface area contributed by atoms with E-state index in [1.165, 1.54) is 283 Å². The highest BCUT2D eigenvalue weighted by atomic mass is 16.4. The number of hydrogen-bond donors (Lipinski definition) is 2. The molecule has 318 valence electrons. The summed E-state index contributed by atoms with van der Waals surface area (Å²) in [6, 6.07) is 0. The third kappa shape index (κ3) is 51.4. The lowest BCUT2D eigenvalue weighted by atomic mass is 10.0. The highest BCUT2D eigenvalue weighted by Gasteiger charge is 2.00. The summed E-state index contributed by atoms with van der Waals surface area (Å²) < 4.78 is 0. The number of hydrogen-bond acceptors (Lipinski definition) is 2.